The van der Waals surface area contributed by atoms with E-state index in [0.29, 0.717) is 11.4 Å². The van der Waals surface area contributed by atoms with Crippen molar-refractivity contribution in [3.8, 4) is 5.75 Å². The highest BCUT2D eigenvalue weighted by Crippen LogP contribution is 2.21. The second-order valence-corrected chi connectivity index (χ2v) is 2.16. The van der Waals surface area contributed by atoms with Crippen molar-refractivity contribution in [2.45, 2.75) is 0 Å². The molecule has 0 aromatic heterocycles. The molecule has 0 aliphatic carbocycles. The molecule has 0 saturated heterocycles. The van der Waals surface area contributed by atoms with E-state index < -0.39 is 6.16 Å². The summed E-state index contributed by atoms with van der Waals surface area (Å²) >= 11 is 0. The van der Waals surface area contributed by atoms with Crippen LogP contribution in [0.25, 0.3) is 0 Å². The summed E-state index contributed by atoms with van der Waals surface area (Å²) in [5.41, 5.74) is 11.5. The predicted octanol–water partition coefficient (Wildman–Crippen LogP) is 0.908. The molecule has 0 fully saturated rings. The second-order valence-electron chi connectivity index (χ2n) is 2.16. The minimum Gasteiger partial charge on any atom is -0.449 e. The third kappa shape index (κ3) is 1.79. The van der Waals surface area contributed by atoms with Crippen LogP contribution in [0.1, 0.15) is 0 Å². The number of nitrogen functional groups attached to an aromatic ring is 2. The van der Waals surface area contributed by atoms with E-state index in [4.69, 9.17) is 16.6 Å². The number of carbonyl (C=O) groups is 1. The lowest BCUT2D eigenvalue weighted by molar-refractivity contribution is 0.144. The van der Waals surface area contributed by atoms with Gasteiger partial charge in [-0.15, -0.1) is 0 Å². The summed E-state index contributed by atoms with van der Waals surface area (Å²) in [6.07, 6.45) is -1.38. The van der Waals surface area contributed by atoms with E-state index in [9.17, 15) is 4.79 Å². The van der Waals surface area contributed by atoms with E-state index in [-0.39, 0.29) is 5.75 Å². The van der Waals surface area contributed by atoms with Gasteiger partial charge >= 0.3 is 6.16 Å². The highest BCUT2D eigenvalue weighted by molar-refractivity contribution is 5.68. The average molecular weight is 168 g/mol. The number of carboxylic acid groups (broad SMARTS) is 1. The third-order valence-corrected chi connectivity index (χ3v) is 1.26. The van der Waals surface area contributed by atoms with Crippen LogP contribution in [0, 0.1) is 0 Å². The van der Waals surface area contributed by atoms with Gasteiger partial charge in [-0.25, -0.2) is 4.79 Å². The monoisotopic (exact) mass is 168 g/mol. The minimum absolute atomic E-state index is 0.161. The fourth-order valence-corrected chi connectivity index (χ4v) is 0.717. The Morgan fingerprint density at radius 1 is 1.33 bits per heavy atom. The van der Waals surface area contributed by atoms with E-state index in [1.54, 1.807) is 0 Å². The molecule has 0 amide bonds. The zero-order valence-electron chi connectivity index (χ0n) is 6.15. The topological polar surface area (TPSA) is 98.6 Å². The SMILES string of the molecule is Nc1ccc(OC(=O)O)cc1N. The van der Waals surface area contributed by atoms with Crippen LogP contribution in [0.4, 0.5) is 16.2 Å². The Balaban J connectivity index is 2.89. The van der Waals surface area contributed by atoms with E-state index in [2.05, 4.69) is 4.74 Å². The van der Waals surface area contributed by atoms with Crippen LogP contribution in [0.3, 0.4) is 0 Å². The highest BCUT2D eigenvalue weighted by atomic mass is 16.7. The second kappa shape index (κ2) is 3.00. The lowest BCUT2D eigenvalue weighted by atomic mass is 10.2. The number of anilines is 2. The van der Waals surface area contributed by atoms with Crippen LogP contribution in [-0.4, -0.2) is 11.3 Å². The van der Waals surface area contributed by atoms with Crippen LogP contribution in [0.5, 0.6) is 5.75 Å². The lowest BCUT2D eigenvalue weighted by Gasteiger charge is -2.02. The molecule has 0 unspecified atom stereocenters. The standard InChI is InChI=1S/C7H8N2O3/c8-5-2-1-4(3-6(5)9)12-7(10)11/h1-3H,8-9H2,(H,10,11). The first-order valence-electron chi connectivity index (χ1n) is 3.15. The highest BCUT2D eigenvalue weighted by Gasteiger charge is 2.01. The van der Waals surface area contributed by atoms with Crippen LogP contribution in [-0.2, 0) is 0 Å². The molecule has 5 heteroatoms. The first-order valence-corrected chi connectivity index (χ1v) is 3.15. The van der Waals surface area contributed by atoms with Gasteiger partial charge in [0.1, 0.15) is 5.75 Å². The van der Waals surface area contributed by atoms with Crippen molar-refractivity contribution >= 4 is 17.5 Å². The maximum atomic E-state index is 10.1. The van der Waals surface area contributed by atoms with Crippen molar-refractivity contribution in [1.29, 1.82) is 0 Å². The number of hydrogen-bond acceptors (Lipinski definition) is 4. The molecule has 1 aromatic rings. The number of hydrogen-bond donors (Lipinski definition) is 3. The molecule has 5 N–H and O–H groups in total. The maximum absolute atomic E-state index is 10.1. The van der Waals surface area contributed by atoms with Gasteiger partial charge in [-0.05, 0) is 12.1 Å². The zero-order valence-corrected chi connectivity index (χ0v) is 6.15. The van der Waals surface area contributed by atoms with Gasteiger partial charge in [0.2, 0.25) is 0 Å². The molecule has 1 rings (SSSR count). The number of benzene rings is 1. The summed E-state index contributed by atoms with van der Waals surface area (Å²) in [7, 11) is 0. The summed E-state index contributed by atoms with van der Waals surface area (Å²) in [6.45, 7) is 0. The van der Waals surface area contributed by atoms with Crippen molar-refractivity contribution in [3.05, 3.63) is 18.2 Å². The van der Waals surface area contributed by atoms with E-state index >= 15 is 0 Å². The smallest absolute Gasteiger partial charge is 0.449 e. The zero-order chi connectivity index (χ0) is 9.14. The Kier molecular flexibility index (Phi) is 2.05. The fraction of sp³-hybridized carbons (Fsp3) is 0. The molecule has 0 saturated carbocycles. The summed E-state index contributed by atoms with van der Waals surface area (Å²) in [5.74, 6) is 0.161. The molecular weight excluding hydrogens is 160 g/mol. The van der Waals surface area contributed by atoms with Crippen molar-refractivity contribution in [3.63, 3.8) is 0 Å². The first-order chi connectivity index (χ1) is 5.59. The molecule has 0 aliphatic heterocycles. The van der Waals surface area contributed by atoms with Gasteiger partial charge in [0.05, 0.1) is 11.4 Å². The molecule has 0 heterocycles. The molecule has 0 aliphatic rings. The van der Waals surface area contributed by atoms with Crippen molar-refractivity contribution in [2.24, 2.45) is 0 Å². The molecule has 64 valence electrons. The Hall–Kier alpha value is -1.91. The van der Waals surface area contributed by atoms with Gasteiger partial charge in [-0.2, -0.15) is 0 Å². The summed E-state index contributed by atoms with van der Waals surface area (Å²) in [6, 6.07) is 4.26. The normalized spacial score (nSPS) is 9.33. The Labute approximate surface area is 68.5 Å². The van der Waals surface area contributed by atoms with Crippen molar-refractivity contribution in [2.75, 3.05) is 11.5 Å². The molecular formula is C7H8N2O3. The third-order valence-electron chi connectivity index (χ3n) is 1.26. The summed E-state index contributed by atoms with van der Waals surface area (Å²) < 4.78 is 4.33. The Bertz CT molecular complexity index is 312. The lowest BCUT2D eigenvalue weighted by Crippen LogP contribution is -2.04. The van der Waals surface area contributed by atoms with E-state index in [1.807, 2.05) is 0 Å². The van der Waals surface area contributed by atoms with Crippen LogP contribution < -0.4 is 16.2 Å². The summed E-state index contributed by atoms with van der Waals surface area (Å²) in [5, 5.41) is 8.23. The van der Waals surface area contributed by atoms with Gasteiger partial charge in [-0.3, -0.25) is 0 Å². The van der Waals surface area contributed by atoms with Crippen LogP contribution in [0.2, 0.25) is 0 Å². The molecule has 5 nitrogen and oxygen atoms in total. The van der Waals surface area contributed by atoms with Gasteiger partial charge in [0.25, 0.3) is 0 Å². The van der Waals surface area contributed by atoms with Gasteiger partial charge in [0, 0.05) is 6.07 Å². The van der Waals surface area contributed by atoms with Crippen molar-refractivity contribution < 1.29 is 14.6 Å². The Morgan fingerprint density at radius 2 is 2.00 bits per heavy atom. The van der Waals surface area contributed by atoms with Crippen molar-refractivity contribution in [1.82, 2.24) is 0 Å². The minimum atomic E-state index is -1.38. The van der Waals surface area contributed by atoms with Crippen LogP contribution in [0.15, 0.2) is 18.2 Å². The molecule has 0 spiro atoms. The first kappa shape index (κ1) is 8.19. The fourth-order valence-electron chi connectivity index (χ4n) is 0.717. The molecule has 0 bridgehead atoms. The average Bonchev–Trinajstić information content (AvgIpc) is 1.96. The molecule has 12 heavy (non-hydrogen) atoms. The molecule has 1 aromatic carbocycles. The summed E-state index contributed by atoms with van der Waals surface area (Å²) in [4.78, 5) is 10.1. The Morgan fingerprint density at radius 3 is 2.50 bits per heavy atom. The van der Waals surface area contributed by atoms with E-state index in [1.165, 1.54) is 18.2 Å². The molecule has 0 atom stereocenters. The quantitative estimate of drug-likeness (QED) is 0.329. The predicted molar refractivity (Wildman–Crippen MR) is 43.9 cm³/mol. The number of nitrogens with two attached hydrogens (primary N) is 2. The van der Waals surface area contributed by atoms with Gasteiger partial charge in [0.15, 0.2) is 0 Å². The number of ether oxygens (including phenoxy) is 1. The van der Waals surface area contributed by atoms with Crippen LogP contribution >= 0.6 is 0 Å². The largest absolute Gasteiger partial charge is 0.511 e. The van der Waals surface area contributed by atoms with Gasteiger partial charge < -0.3 is 21.3 Å². The van der Waals surface area contributed by atoms with Gasteiger partial charge in [-0.1, -0.05) is 0 Å². The molecule has 0 radical (unpaired) electrons. The number of rotatable bonds is 1. The maximum Gasteiger partial charge on any atom is 0.511 e. The van der Waals surface area contributed by atoms with E-state index in [0.717, 1.165) is 0 Å².